The molecule has 0 heterocycles. The van der Waals surface area contributed by atoms with Crippen molar-refractivity contribution in [3.8, 4) is 0 Å². The molecule has 22 heteroatoms. The molecule has 35 heavy (non-hydrogen) atoms. The van der Waals surface area contributed by atoms with Crippen molar-refractivity contribution in [3.63, 3.8) is 0 Å². The number of nitrogens with zero attached hydrogens (tertiary/aromatic N) is 3. The molecule has 0 bridgehead atoms. The molecule has 1 aliphatic carbocycles. The Morgan fingerprint density at radius 3 is 1.51 bits per heavy atom. The fraction of sp³-hybridized carbons (Fsp3) is 0.462. The van der Waals surface area contributed by atoms with Crippen LogP contribution < -0.4 is 0 Å². The van der Waals surface area contributed by atoms with E-state index in [0.29, 0.717) is 0 Å². The van der Waals surface area contributed by atoms with E-state index in [1.165, 1.54) is 0 Å². The first kappa shape index (κ1) is 29.5. The van der Waals surface area contributed by atoms with Gasteiger partial charge < -0.3 is 44.3 Å². The zero-order valence-corrected chi connectivity index (χ0v) is 19.5. The molecule has 6 atom stereocenters. The highest BCUT2D eigenvalue weighted by Crippen LogP contribution is 2.49. The average Bonchev–Trinajstić information content (AvgIpc) is 2.69. The van der Waals surface area contributed by atoms with Gasteiger partial charge in [-0.1, -0.05) is 17.2 Å². The number of benzene rings is 1. The van der Waals surface area contributed by atoms with E-state index in [4.69, 9.17) is 39.6 Å². The van der Waals surface area contributed by atoms with Crippen LogP contribution in [0, 0.1) is 0 Å². The van der Waals surface area contributed by atoms with Crippen molar-refractivity contribution in [3.05, 3.63) is 40.3 Å². The second-order valence-corrected chi connectivity index (χ2v) is 10.3. The highest BCUT2D eigenvalue weighted by Gasteiger charge is 2.58. The highest BCUT2D eigenvalue weighted by molar-refractivity contribution is 7.46. The number of aliphatic hydroxyl groups excluding tert-OH is 2. The molecule has 0 amide bonds. The number of phosphoric ester groups is 3. The van der Waals surface area contributed by atoms with Gasteiger partial charge in [0.15, 0.2) is 6.10 Å². The molecule has 0 radical (unpaired) electrons. The predicted molar refractivity (Wildman–Crippen MR) is 107 cm³/mol. The Morgan fingerprint density at radius 1 is 0.771 bits per heavy atom. The summed E-state index contributed by atoms with van der Waals surface area (Å²) >= 11 is 0. The van der Waals surface area contributed by atoms with Crippen LogP contribution in [0.25, 0.3) is 10.4 Å². The second-order valence-electron chi connectivity index (χ2n) is 6.77. The van der Waals surface area contributed by atoms with Crippen LogP contribution in [0.15, 0.2) is 29.4 Å². The van der Waals surface area contributed by atoms with Gasteiger partial charge in [0.1, 0.15) is 30.5 Å². The summed E-state index contributed by atoms with van der Waals surface area (Å²) in [5, 5.41) is 24.3. The van der Waals surface area contributed by atoms with Crippen molar-refractivity contribution in [2.24, 2.45) is 5.11 Å². The van der Waals surface area contributed by atoms with Gasteiger partial charge in [-0.3, -0.25) is 13.6 Å². The van der Waals surface area contributed by atoms with Crippen molar-refractivity contribution in [2.75, 3.05) is 0 Å². The molecule has 1 aromatic carbocycles. The standard InChI is InChI=1S/C13H18N3O16P3/c14-16-15-6-3-1-5(2-4-6)13(19)29-9-7(17)11(31-34(23,24)25)12(32-35(26,27)28)8(18)10(9)30-33(20,21)22/h1-4,7-12,17-18H,(H2,20,21,22)(H2,23,24,25)(H2,26,27,28)/t7-,8-,9+,10-,11+,12+/m0/s1. The van der Waals surface area contributed by atoms with Crippen LogP contribution in [0.5, 0.6) is 0 Å². The van der Waals surface area contributed by atoms with Crippen molar-refractivity contribution in [1.82, 2.24) is 0 Å². The van der Waals surface area contributed by atoms with E-state index in [-0.39, 0.29) is 11.3 Å². The van der Waals surface area contributed by atoms with Gasteiger partial charge in [0.2, 0.25) is 0 Å². The number of phosphoric acid groups is 3. The molecule has 0 saturated heterocycles. The van der Waals surface area contributed by atoms with Gasteiger partial charge in [-0.2, -0.15) is 0 Å². The minimum Gasteiger partial charge on any atom is -0.453 e. The zero-order valence-electron chi connectivity index (χ0n) is 16.8. The molecule has 19 nitrogen and oxygen atoms in total. The van der Waals surface area contributed by atoms with Gasteiger partial charge in [-0.05, 0) is 17.7 Å². The number of aliphatic hydroxyl groups is 2. The lowest BCUT2D eigenvalue weighted by atomic mass is 9.85. The van der Waals surface area contributed by atoms with E-state index >= 15 is 0 Å². The van der Waals surface area contributed by atoms with Crippen LogP contribution in [0.3, 0.4) is 0 Å². The maximum Gasteiger partial charge on any atom is 0.470 e. The molecule has 0 unspecified atom stereocenters. The Labute approximate surface area is 194 Å². The number of hydrogen-bond acceptors (Lipinski definition) is 11. The van der Waals surface area contributed by atoms with Gasteiger partial charge in [-0.15, -0.1) is 0 Å². The van der Waals surface area contributed by atoms with Crippen LogP contribution in [-0.2, 0) is 32.0 Å². The lowest BCUT2D eigenvalue weighted by Gasteiger charge is -2.45. The minimum absolute atomic E-state index is 0.0763. The zero-order chi connectivity index (χ0) is 26.8. The molecule has 0 spiro atoms. The lowest BCUT2D eigenvalue weighted by Crippen LogP contribution is -2.66. The number of hydrogen-bond donors (Lipinski definition) is 8. The number of esters is 1. The number of carbonyl (C=O) groups is 1. The van der Waals surface area contributed by atoms with Crippen molar-refractivity contribution in [2.45, 2.75) is 36.6 Å². The summed E-state index contributed by atoms with van der Waals surface area (Å²) in [5.74, 6) is -1.34. The van der Waals surface area contributed by atoms with Crippen molar-refractivity contribution in [1.29, 1.82) is 0 Å². The van der Waals surface area contributed by atoms with Crippen molar-refractivity contribution < 1.29 is 76.4 Å². The summed E-state index contributed by atoms with van der Waals surface area (Å²) < 4.78 is 51.8. The Morgan fingerprint density at radius 2 is 1.14 bits per heavy atom. The molecule has 1 saturated carbocycles. The van der Waals surface area contributed by atoms with E-state index in [2.05, 4.69) is 23.6 Å². The van der Waals surface area contributed by atoms with Crippen LogP contribution in [-0.4, -0.2) is 82.2 Å². The maximum absolute atomic E-state index is 12.5. The van der Waals surface area contributed by atoms with Gasteiger partial charge in [0.05, 0.1) is 5.56 Å². The van der Waals surface area contributed by atoms with Crippen LogP contribution in [0.1, 0.15) is 10.4 Å². The third-order valence-electron chi connectivity index (χ3n) is 4.28. The summed E-state index contributed by atoms with van der Waals surface area (Å²) in [4.78, 5) is 69.7. The number of rotatable bonds is 9. The molecule has 1 fully saturated rings. The Bertz CT molecular complexity index is 1110. The molecule has 1 aliphatic rings. The molecule has 0 aliphatic heterocycles. The predicted octanol–water partition coefficient (Wildman–Crippen LogP) is -0.677. The number of azide groups is 1. The first-order valence-electron chi connectivity index (χ1n) is 8.86. The molecular weight excluding hydrogens is 547 g/mol. The van der Waals surface area contributed by atoms with Gasteiger partial charge in [0, 0.05) is 10.6 Å². The van der Waals surface area contributed by atoms with Crippen LogP contribution in [0.4, 0.5) is 5.69 Å². The largest absolute Gasteiger partial charge is 0.470 e. The quantitative estimate of drug-likeness (QED) is 0.0604. The van der Waals surface area contributed by atoms with Crippen molar-refractivity contribution >= 4 is 35.1 Å². The summed E-state index contributed by atoms with van der Waals surface area (Å²) in [6, 6.07) is 4.46. The maximum atomic E-state index is 12.5. The SMILES string of the molecule is [N-]=[N+]=Nc1ccc(C(=O)O[C@@H]2[C@H](O)[C@@H](OP(=O)(O)O)[C@H](OP(=O)(O)O)[C@@H](O)[C@@H]2OP(=O)(O)O)cc1. The smallest absolute Gasteiger partial charge is 0.453 e. The van der Waals surface area contributed by atoms with E-state index in [0.717, 1.165) is 24.3 Å². The fourth-order valence-corrected chi connectivity index (χ4v) is 4.72. The van der Waals surface area contributed by atoms with Crippen LogP contribution in [0.2, 0.25) is 0 Å². The first-order chi connectivity index (χ1) is 15.9. The van der Waals surface area contributed by atoms with E-state index in [1.54, 1.807) is 0 Å². The number of ether oxygens (including phenoxy) is 1. The molecule has 0 aromatic heterocycles. The third kappa shape index (κ3) is 8.70. The second kappa shape index (κ2) is 11.1. The highest BCUT2D eigenvalue weighted by atomic mass is 31.2. The van der Waals surface area contributed by atoms with Gasteiger partial charge >= 0.3 is 29.4 Å². The third-order valence-corrected chi connectivity index (χ3v) is 5.83. The molecule has 1 aromatic rings. The topological polar surface area (TPSA) is 316 Å². The van der Waals surface area contributed by atoms with E-state index in [1.807, 2.05) is 0 Å². The minimum atomic E-state index is -5.58. The average molecular weight is 565 g/mol. The first-order valence-corrected chi connectivity index (χ1v) is 13.4. The van der Waals surface area contributed by atoms with E-state index in [9.17, 15) is 28.7 Å². The summed E-state index contributed by atoms with van der Waals surface area (Å²) in [6.45, 7) is 0. The summed E-state index contributed by atoms with van der Waals surface area (Å²) in [7, 11) is -16.7. The van der Waals surface area contributed by atoms with Gasteiger partial charge in [-0.25, -0.2) is 18.5 Å². The monoisotopic (exact) mass is 565 g/mol. The molecule has 196 valence electrons. The summed E-state index contributed by atoms with van der Waals surface area (Å²) in [6.07, 6.45) is -15.0. The lowest BCUT2D eigenvalue weighted by molar-refractivity contribution is -0.212. The van der Waals surface area contributed by atoms with Crippen LogP contribution >= 0.6 is 23.5 Å². The summed E-state index contributed by atoms with van der Waals surface area (Å²) in [5.41, 5.74) is 8.18. The normalized spacial score (nSPS) is 27.7. The van der Waals surface area contributed by atoms with Gasteiger partial charge in [0.25, 0.3) is 0 Å². The Balaban J connectivity index is 2.48. The number of carbonyl (C=O) groups excluding carboxylic acids is 1. The molecular formula is C13H18N3O16P3. The Kier molecular flexibility index (Phi) is 9.36. The molecule has 8 N–H and O–H groups in total. The molecule has 2 rings (SSSR count). The Hall–Kier alpha value is -1.75. The fourth-order valence-electron chi connectivity index (χ4n) is 3.04. The van der Waals surface area contributed by atoms with E-state index < -0.39 is 66.1 Å².